The highest BCUT2D eigenvalue weighted by atomic mass is 16.5. The summed E-state index contributed by atoms with van der Waals surface area (Å²) < 4.78 is 5.14. The molecule has 5 nitrogen and oxygen atoms in total. The zero-order valence-corrected chi connectivity index (χ0v) is 15.4. The van der Waals surface area contributed by atoms with Crippen LogP contribution in [0.15, 0.2) is 35.5 Å². The van der Waals surface area contributed by atoms with E-state index in [0.717, 1.165) is 49.3 Å². The van der Waals surface area contributed by atoms with Crippen LogP contribution in [0.2, 0.25) is 0 Å². The fourth-order valence-electron chi connectivity index (χ4n) is 6.23. The highest BCUT2D eigenvalue weighted by Gasteiger charge is 2.63. The first-order valence-corrected chi connectivity index (χ1v) is 9.67. The lowest BCUT2D eigenvalue weighted by Gasteiger charge is -2.52. The molecule has 4 unspecified atom stereocenters. The number of carbonyl (C=O) groups is 1. The number of benzene rings is 1. The molecule has 1 aliphatic carbocycles. The van der Waals surface area contributed by atoms with Gasteiger partial charge in [-0.05, 0) is 49.8 Å². The number of nitrogens with one attached hydrogen (secondary N) is 1. The maximum absolute atomic E-state index is 12.6. The van der Waals surface area contributed by atoms with Crippen molar-refractivity contribution in [3.63, 3.8) is 0 Å². The average Bonchev–Trinajstić information content (AvgIpc) is 3.20. The summed E-state index contributed by atoms with van der Waals surface area (Å²) in [6, 6.07) is 8.78. The molecule has 0 saturated carbocycles. The van der Waals surface area contributed by atoms with Crippen LogP contribution in [-0.4, -0.2) is 47.8 Å². The van der Waals surface area contributed by atoms with Crippen molar-refractivity contribution in [2.45, 2.75) is 49.7 Å². The predicted octanol–water partition coefficient (Wildman–Crippen LogP) is 2.42. The third kappa shape index (κ3) is 1.90. The molecule has 2 N–H and O–H groups in total. The maximum Gasteiger partial charge on any atom is 0.335 e. The summed E-state index contributed by atoms with van der Waals surface area (Å²) in [6.07, 6.45) is 3.16. The van der Waals surface area contributed by atoms with E-state index in [0.29, 0.717) is 12.5 Å². The number of carbonyl (C=O) groups excluding carboxylic acids is 1. The van der Waals surface area contributed by atoms with Crippen LogP contribution in [-0.2, 0) is 14.9 Å². The van der Waals surface area contributed by atoms with E-state index >= 15 is 0 Å². The van der Waals surface area contributed by atoms with Crippen LogP contribution in [0.5, 0.6) is 0 Å². The van der Waals surface area contributed by atoms with Gasteiger partial charge in [-0.25, -0.2) is 4.79 Å². The van der Waals surface area contributed by atoms with Crippen molar-refractivity contribution in [3.8, 4) is 0 Å². The molecule has 0 radical (unpaired) electrons. The molecular formula is C21H26N2O3. The molecule has 5 heteroatoms. The number of anilines is 1. The molecule has 3 aliphatic heterocycles. The highest BCUT2D eigenvalue weighted by Crippen LogP contribution is 2.61. The summed E-state index contributed by atoms with van der Waals surface area (Å²) in [7, 11) is 1.46. The number of fused-ring (bicyclic) bond motifs is 1. The minimum Gasteiger partial charge on any atom is -0.466 e. The second-order valence-corrected chi connectivity index (χ2v) is 8.40. The van der Waals surface area contributed by atoms with Crippen molar-refractivity contribution in [1.82, 2.24) is 4.90 Å². The Labute approximate surface area is 154 Å². The van der Waals surface area contributed by atoms with Gasteiger partial charge in [-0.2, -0.15) is 0 Å². The third-order valence-corrected chi connectivity index (χ3v) is 7.25. The van der Waals surface area contributed by atoms with Gasteiger partial charge >= 0.3 is 5.97 Å². The maximum atomic E-state index is 12.6. The Morgan fingerprint density at radius 3 is 3.00 bits per heavy atom. The fraction of sp³-hybridized carbons (Fsp3) is 0.571. The number of piperidine rings is 1. The topological polar surface area (TPSA) is 61.8 Å². The van der Waals surface area contributed by atoms with E-state index in [4.69, 9.17) is 4.74 Å². The van der Waals surface area contributed by atoms with Gasteiger partial charge in [0.1, 0.15) is 0 Å². The van der Waals surface area contributed by atoms with Crippen molar-refractivity contribution in [2.75, 3.05) is 25.5 Å². The minimum absolute atomic E-state index is 0.169. The molecule has 0 bridgehead atoms. The van der Waals surface area contributed by atoms with Crippen LogP contribution in [0.1, 0.15) is 38.2 Å². The van der Waals surface area contributed by atoms with E-state index in [-0.39, 0.29) is 17.3 Å². The molecule has 4 aliphatic rings. The van der Waals surface area contributed by atoms with Crippen LogP contribution >= 0.6 is 0 Å². The van der Waals surface area contributed by atoms with Gasteiger partial charge in [0.2, 0.25) is 0 Å². The Kier molecular flexibility index (Phi) is 3.35. The van der Waals surface area contributed by atoms with Crippen LogP contribution < -0.4 is 5.32 Å². The second kappa shape index (κ2) is 5.33. The third-order valence-electron chi connectivity index (χ3n) is 7.25. The Morgan fingerprint density at radius 2 is 2.23 bits per heavy atom. The number of methoxy groups -OCH3 is 1. The van der Waals surface area contributed by atoms with Crippen molar-refractivity contribution < 1.29 is 14.6 Å². The van der Waals surface area contributed by atoms with E-state index in [2.05, 4.69) is 35.3 Å². The molecule has 3 heterocycles. The normalized spacial score (nSPS) is 37.7. The van der Waals surface area contributed by atoms with Crippen molar-refractivity contribution in [1.29, 1.82) is 0 Å². The summed E-state index contributed by atoms with van der Waals surface area (Å²) in [5.74, 6) is 0.0317. The number of para-hydroxylation sites is 1. The van der Waals surface area contributed by atoms with Crippen LogP contribution in [0.3, 0.4) is 0 Å². The number of nitrogens with zero attached hydrogens (tertiary/aromatic N) is 1. The first-order chi connectivity index (χ1) is 12.5. The van der Waals surface area contributed by atoms with Gasteiger partial charge in [0.05, 0.1) is 23.7 Å². The molecule has 2 saturated heterocycles. The largest absolute Gasteiger partial charge is 0.466 e. The lowest BCUT2D eigenvalue weighted by molar-refractivity contribution is -0.137. The quantitative estimate of drug-likeness (QED) is 0.799. The zero-order valence-electron chi connectivity index (χ0n) is 15.4. The van der Waals surface area contributed by atoms with Crippen molar-refractivity contribution >= 4 is 11.7 Å². The van der Waals surface area contributed by atoms with Gasteiger partial charge in [0.25, 0.3) is 0 Å². The molecule has 1 aromatic rings. The monoisotopic (exact) mass is 354 g/mol. The van der Waals surface area contributed by atoms with Gasteiger partial charge < -0.3 is 15.2 Å². The van der Waals surface area contributed by atoms with Gasteiger partial charge in [-0.1, -0.05) is 25.1 Å². The number of hydrogen-bond donors (Lipinski definition) is 2. The summed E-state index contributed by atoms with van der Waals surface area (Å²) in [5, 5.41) is 14.6. The molecule has 1 spiro atoms. The Hall–Kier alpha value is -1.85. The number of rotatable bonds is 2. The number of esters is 1. The smallest absolute Gasteiger partial charge is 0.335 e. The van der Waals surface area contributed by atoms with Gasteiger partial charge in [-0.3, -0.25) is 4.90 Å². The first kappa shape index (κ1) is 16.3. The molecule has 0 amide bonds. The van der Waals surface area contributed by atoms with Crippen LogP contribution in [0, 0.1) is 5.92 Å². The summed E-state index contributed by atoms with van der Waals surface area (Å²) >= 11 is 0. The van der Waals surface area contributed by atoms with Gasteiger partial charge in [-0.15, -0.1) is 0 Å². The molecule has 1 aromatic carbocycles. The number of ether oxygens (including phenoxy) is 1. The number of hydrogen-bond acceptors (Lipinski definition) is 5. The Bertz CT molecular complexity index is 819. The number of aliphatic hydroxyl groups is 1. The first-order valence-electron chi connectivity index (χ1n) is 9.67. The molecule has 138 valence electrons. The van der Waals surface area contributed by atoms with E-state index in [1.165, 1.54) is 12.7 Å². The summed E-state index contributed by atoms with van der Waals surface area (Å²) in [6.45, 7) is 3.75. The van der Waals surface area contributed by atoms with E-state index in [1.807, 2.05) is 6.07 Å². The molecular weight excluding hydrogens is 328 g/mol. The lowest BCUT2D eigenvalue weighted by Crippen LogP contribution is -2.60. The fourth-order valence-corrected chi connectivity index (χ4v) is 6.23. The molecule has 2 fully saturated rings. The van der Waals surface area contributed by atoms with E-state index in [9.17, 15) is 9.90 Å². The highest BCUT2D eigenvalue weighted by molar-refractivity contribution is 5.93. The Balaban J connectivity index is 1.72. The molecule has 4 atom stereocenters. The minimum atomic E-state index is -0.656. The van der Waals surface area contributed by atoms with Crippen molar-refractivity contribution in [2.24, 2.45) is 5.92 Å². The lowest BCUT2D eigenvalue weighted by atomic mass is 9.60. The van der Waals surface area contributed by atoms with E-state index < -0.39 is 5.60 Å². The SMILES string of the molecule is CCC1(O)CC2CC(C(=O)OC)=C3Nc4ccccc4C34CCN(C1)C24. The Morgan fingerprint density at radius 1 is 1.42 bits per heavy atom. The summed E-state index contributed by atoms with van der Waals surface area (Å²) in [4.78, 5) is 15.1. The molecule has 26 heavy (non-hydrogen) atoms. The van der Waals surface area contributed by atoms with Gasteiger partial charge in [0.15, 0.2) is 0 Å². The zero-order chi connectivity index (χ0) is 18.1. The van der Waals surface area contributed by atoms with Crippen LogP contribution in [0.4, 0.5) is 5.69 Å². The molecule has 5 rings (SSSR count). The molecule has 0 aromatic heterocycles. The van der Waals surface area contributed by atoms with E-state index in [1.54, 1.807) is 0 Å². The predicted molar refractivity (Wildman–Crippen MR) is 98.7 cm³/mol. The van der Waals surface area contributed by atoms with Gasteiger partial charge in [0, 0.05) is 24.0 Å². The van der Waals surface area contributed by atoms with Crippen LogP contribution in [0.25, 0.3) is 0 Å². The second-order valence-electron chi connectivity index (χ2n) is 8.40. The average molecular weight is 354 g/mol. The standard InChI is InChI=1S/C21H26N2O3/c1-3-20(25)11-13-10-14(19(24)26-2)17-21(8-9-23(12-20)18(13)21)15-6-4-5-7-16(15)22-17/h4-7,13,18,22,25H,3,8-12H2,1-2H3. The summed E-state index contributed by atoms with van der Waals surface area (Å²) in [5.41, 5.74) is 3.41. The van der Waals surface area contributed by atoms with Crippen molar-refractivity contribution in [3.05, 3.63) is 41.1 Å².